The Morgan fingerprint density at radius 3 is 2.62 bits per heavy atom. The third kappa shape index (κ3) is 4.91. The van der Waals surface area contributed by atoms with Gasteiger partial charge in [0, 0.05) is 10.9 Å². The van der Waals surface area contributed by atoms with Crippen LogP contribution >= 0.6 is 11.3 Å². The summed E-state index contributed by atoms with van der Waals surface area (Å²) in [5.41, 5.74) is 2.60. The zero-order valence-corrected chi connectivity index (χ0v) is 17.0. The van der Waals surface area contributed by atoms with Gasteiger partial charge in [-0.25, -0.2) is 9.78 Å². The van der Waals surface area contributed by atoms with E-state index in [1.807, 2.05) is 12.1 Å². The number of benzene rings is 2. The van der Waals surface area contributed by atoms with Crippen LogP contribution in [0.1, 0.15) is 15.9 Å². The molecule has 0 atom stereocenters. The smallest absolute Gasteiger partial charge is 0.338 e. The molecule has 0 bridgehead atoms. The average Bonchev–Trinajstić information content (AvgIpc) is 3.20. The predicted octanol–water partition coefficient (Wildman–Crippen LogP) is 3.93. The first-order chi connectivity index (χ1) is 14.0. The lowest BCUT2D eigenvalue weighted by molar-refractivity contribution is -0.119. The van der Waals surface area contributed by atoms with Crippen LogP contribution in [0.3, 0.4) is 0 Å². The van der Waals surface area contributed by atoms with Crippen molar-refractivity contribution in [2.24, 2.45) is 0 Å². The maximum atomic E-state index is 12.1. The van der Waals surface area contributed by atoms with Gasteiger partial charge >= 0.3 is 5.97 Å². The number of rotatable bonds is 7. The summed E-state index contributed by atoms with van der Waals surface area (Å²) in [4.78, 5) is 28.7. The minimum Gasteiger partial charge on any atom is -0.497 e. The Morgan fingerprint density at radius 1 is 1.10 bits per heavy atom. The van der Waals surface area contributed by atoms with Crippen molar-refractivity contribution in [1.29, 1.82) is 0 Å². The molecule has 3 aromatic rings. The number of aromatic nitrogens is 1. The molecule has 0 spiro atoms. The second kappa shape index (κ2) is 9.20. The molecule has 0 aliphatic heterocycles. The SMILES string of the molecule is COc1ccc(OC)c(-c2csc(NC(=O)COC(=O)c3ccccc3C)n2)c1. The number of hydrogen-bond donors (Lipinski definition) is 1. The first-order valence-electron chi connectivity index (χ1n) is 8.72. The zero-order valence-electron chi connectivity index (χ0n) is 16.2. The number of anilines is 1. The first-order valence-corrected chi connectivity index (χ1v) is 9.60. The zero-order chi connectivity index (χ0) is 20.8. The van der Waals surface area contributed by atoms with Gasteiger partial charge in [-0.3, -0.25) is 10.1 Å². The number of thiazole rings is 1. The second-order valence-electron chi connectivity index (χ2n) is 6.04. The molecule has 0 saturated carbocycles. The van der Waals surface area contributed by atoms with Crippen molar-refractivity contribution in [2.75, 3.05) is 26.1 Å². The Bertz CT molecular complexity index is 1030. The third-order valence-corrected chi connectivity index (χ3v) is 4.89. The molecule has 8 heteroatoms. The van der Waals surface area contributed by atoms with Crippen LogP contribution in [-0.4, -0.2) is 37.7 Å². The van der Waals surface area contributed by atoms with Crippen LogP contribution in [0.2, 0.25) is 0 Å². The Hall–Kier alpha value is -3.39. The van der Waals surface area contributed by atoms with Crippen LogP contribution in [0.25, 0.3) is 11.3 Å². The molecule has 1 amide bonds. The van der Waals surface area contributed by atoms with Crippen LogP contribution in [0.5, 0.6) is 11.5 Å². The maximum Gasteiger partial charge on any atom is 0.338 e. The van der Waals surface area contributed by atoms with Gasteiger partial charge in [0.15, 0.2) is 11.7 Å². The van der Waals surface area contributed by atoms with Gasteiger partial charge in [0.05, 0.1) is 25.5 Å². The fourth-order valence-electron chi connectivity index (χ4n) is 2.64. The molecule has 0 radical (unpaired) electrons. The number of ether oxygens (including phenoxy) is 3. The van der Waals surface area contributed by atoms with Crippen molar-refractivity contribution in [2.45, 2.75) is 6.92 Å². The fraction of sp³-hybridized carbons (Fsp3) is 0.190. The lowest BCUT2D eigenvalue weighted by Gasteiger charge is -2.08. The molecular formula is C21H20N2O5S. The summed E-state index contributed by atoms with van der Waals surface area (Å²) >= 11 is 1.26. The Labute approximate surface area is 172 Å². The lowest BCUT2D eigenvalue weighted by atomic mass is 10.1. The van der Waals surface area contributed by atoms with Crippen molar-refractivity contribution in [1.82, 2.24) is 4.98 Å². The van der Waals surface area contributed by atoms with E-state index < -0.39 is 18.5 Å². The van der Waals surface area contributed by atoms with Crippen molar-refractivity contribution in [3.8, 4) is 22.8 Å². The summed E-state index contributed by atoms with van der Waals surface area (Å²) in [5.74, 6) is 0.299. The van der Waals surface area contributed by atoms with E-state index in [4.69, 9.17) is 14.2 Å². The van der Waals surface area contributed by atoms with Gasteiger partial charge in [0.2, 0.25) is 0 Å². The Balaban J connectivity index is 1.64. The van der Waals surface area contributed by atoms with Crippen LogP contribution in [0.4, 0.5) is 5.13 Å². The fourth-order valence-corrected chi connectivity index (χ4v) is 3.36. The number of amides is 1. The summed E-state index contributed by atoms with van der Waals surface area (Å²) in [6.07, 6.45) is 0. The molecule has 1 heterocycles. The minimum atomic E-state index is -0.542. The number of nitrogens with zero attached hydrogens (tertiary/aromatic N) is 1. The molecule has 150 valence electrons. The van der Waals surface area contributed by atoms with E-state index in [1.54, 1.807) is 56.9 Å². The first kappa shape index (κ1) is 20.3. The monoisotopic (exact) mass is 412 g/mol. The van der Waals surface area contributed by atoms with E-state index in [2.05, 4.69) is 10.3 Å². The molecule has 3 rings (SSSR count). The van der Waals surface area contributed by atoms with Crippen LogP contribution < -0.4 is 14.8 Å². The highest BCUT2D eigenvalue weighted by Crippen LogP contribution is 2.34. The number of nitrogens with one attached hydrogen (secondary N) is 1. The molecule has 0 fully saturated rings. The van der Waals surface area contributed by atoms with Crippen molar-refractivity contribution in [3.63, 3.8) is 0 Å². The highest BCUT2D eigenvalue weighted by atomic mass is 32.1. The van der Waals surface area contributed by atoms with E-state index in [9.17, 15) is 9.59 Å². The van der Waals surface area contributed by atoms with E-state index in [0.29, 0.717) is 27.9 Å². The van der Waals surface area contributed by atoms with E-state index in [1.165, 1.54) is 11.3 Å². The van der Waals surface area contributed by atoms with E-state index in [-0.39, 0.29) is 0 Å². The van der Waals surface area contributed by atoms with Gasteiger partial charge in [-0.1, -0.05) is 18.2 Å². The van der Waals surface area contributed by atoms with Crippen molar-refractivity contribution in [3.05, 3.63) is 59.0 Å². The number of esters is 1. The molecule has 0 unspecified atom stereocenters. The van der Waals surface area contributed by atoms with Crippen LogP contribution in [0, 0.1) is 6.92 Å². The number of aryl methyl sites for hydroxylation is 1. The van der Waals surface area contributed by atoms with Gasteiger partial charge in [-0.15, -0.1) is 11.3 Å². The summed E-state index contributed by atoms with van der Waals surface area (Å²) < 4.78 is 15.7. The minimum absolute atomic E-state index is 0.391. The van der Waals surface area contributed by atoms with Gasteiger partial charge < -0.3 is 14.2 Å². The molecule has 2 aromatic carbocycles. The number of hydrogen-bond acceptors (Lipinski definition) is 7. The molecular weight excluding hydrogens is 392 g/mol. The third-order valence-electron chi connectivity index (χ3n) is 4.13. The molecule has 1 N–H and O–H groups in total. The molecule has 1 aromatic heterocycles. The van der Waals surface area contributed by atoms with Crippen molar-refractivity contribution >= 4 is 28.3 Å². The van der Waals surface area contributed by atoms with Crippen LogP contribution in [0.15, 0.2) is 47.8 Å². The Kier molecular flexibility index (Phi) is 6.46. The van der Waals surface area contributed by atoms with Gasteiger partial charge in [-0.2, -0.15) is 0 Å². The summed E-state index contributed by atoms with van der Waals surface area (Å²) in [6, 6.07) is 12.4. The van der Waals surface area contributed by atoms with Gasteiger partial charge in [0.25, 0.3) is 5.91 Å². The standard InChI is InChI=1S/C21H20N2O5S/c1-13-6-4-5-7-15(13)20(25)28-11-19(24)23-21-22-17(12-29-21)16-10-14(26-2)8-9-18(16)27-3/h4-10,12H,11H2,1-3H3,(H,22,23,24). The molecule has 7 nitrogen and oxygen atoms in total. The molecule has 0 saturated heterocycles. The number of carbonyl (C=O) groups excluding carboxylic acids is 2. The summed E-state index contributed by atoms with van der Waals surface area (Å²) in [5, 5.41) is 4.83. The van der Waals surface area contributed by atoms with Crippen LogP contribution in [-0.2, 0) is 9.53 Å². The predicted molar refractivity (Wildman–Crippen MR) is 111 cm³/mol. The highest BCUT2D eigenvalue weighted by Gasteiger charge is 2.15. The van der Waals surface area contributed by atoms with E-state index >= 15 is 0 Å². The van der Waals surface area contributed by atoms with Crippen molar-refractivity contribution < 1.29 is 23.8 Å². The number of carbonyl (C=O) groups is 2. The largest absolute Gasteiger partial charge is 0.497 e. The lowest BCUT2D eigenvalue weighted by Crippen LogP contribution is -2.21. The summed E-state index contributed by atoms with van der Waals surface area (Å²) in [7, 11) is 3.15. The average molecular weight is 412 g/mol. The van der Waals surface area contributed by atoms with Gasteiger partial charge in [-0.05, 0) is 36.8 Å². The topological polar surface area (TPSA) is 86.8 Å². The molecule has 0 aliphatic rings. The molecule has 29 heavy (non-hydrogen) atoms. The normalized spacial score (nSPS) is 10.3. The maximum absolute atomic E-state index is 12.1. The Morgan fingerprint density at radius 2 is 1.90 bits per heavy atom. The summed E-state index contributed by atoms with van der Waals surface area (Å²) in [6.45, 7) is 1.41. The second-order valence-corrected chi connectivity index (χ2v) is 6.90. The van der Waals surface area contributed by atoms with E-state index in [0.717, 1.165) is 11.1 Å². The highest BCUT2D eigenvalue weighted by molar-refractivity contribution is 7.14. The van der Waals surface area contributed by atoms with Gasteiger partial charge in [0.1, 0.15) is 11.5 Å². The number of methoxy groups -OCH3 is 2. The quantitative estimate of drug-likeness (QED) is 0.592. The molecule has 0 aliphatic carbocycles.